The van der Waals surface area contributed by atoms with Crippen LogP contribution < -0.4 is 5.32 Å². The van der Waals surface area contributed by atoms with E-state index in [9.17, 15) is 14.3 Å². The molecule has 2 aliphatic carbocycles. The monoisotopic (exact) mass is 378 g/mol. The van der Waals surface area contributed by atoms with Crippen molar-refractivity contribution in [3.05, 3.63) is 40.3 Å². The molecule has 0 spiro atoms. The Hall–Kier alpha value is -1.99. The minimum Gasteiger partial charge on any atom is -0.394 e. The Morgan fingerprint density at radius 3 is 3.00 bits per heavy atom. The van der Waals surface area contributed by atoms with E-state index in [0.29, 0.717) is 22.7 Å². The number of amides is 1. The minimum absolute atomic E-state index is 0.275. The highest BCUT2D eigenvalue weighted by Gasteiger charge is 2.50. The van der Waals surface area contributed by atoms with E-state index in [2.05, 4.69) is 15.4 Å². The number of carbonyl (C=O) groups excluding carboxylic acids is 1. The van der Waals surface area contributed by atoms with Crippen LogP contribution in [0.15, 0.2) is 18.3 Å². The molecule has 4 rings (SSSR count). The molecule has 1 saturated carbocycles. The molecular weight excluding hydrogens is 359 g/mol. The molecule has 6 nitrogen and oxygen atoms in total. The predicted molar refractivity (Wildman–Crippen MR) is 94.4 cm³/mol. The number of rotatable bonds is 5. The molecule has 0 aliphatic heterocycles. The summed E-state index contributed by atoms with van der Waals surface area (Å²) in [6.07, 6.45) is 3.46. The van der Waals surface area contributed by atoms with E-state index in [4.69, 9.17) is 11.6 Å². The highest BCUT2D eigenvalue weighted by Crippen LogP contribution is 2.57. The SMILES string of the molecule is CC(C)(F)[C@H](CO)NC(=O)c1nn(-c2cc(Cl)ccn2)c2c1C[C@H]1C[C@@H]21. The van der Waals surface area contributed by atoms with E-state index >= 15 is 0 Å². The van der Waals surface area contributed by atoms with Crippen molar-refractivity contribution >= 4 is 17.5 Å². The number of pyridine rings is 1. The number of fused-ring (bicyclic) bond motifs is 3. The number of aliphatic hydroxyl groups is 1. The van der Waals surface area contributed by atoms with Crippen LogP contribution in [0.5, 0.6) is 0 Å². The number of carbonyl (C=O) groups is 1. The maximum Gasteiger partial charge on any atom is 0.272 e. The fourth-order valence-corrected chi connectivity index (χ4v) is 3.80. The van der Waals surface area contributed by atoms with Gasteiger partial charge in [0.1, 0.15) is 5.67 Å². The molecule has 3 atom stereocenters. The van der Waals surface area contributed by atoms with Gasteiger partial charge in [0.05, 0.1) is 18.3 Å². The summed E-state index contributed by atoms with van der Waals surface area (Å²) < 4.78 is 15.8. The fraction of sp³-hybridized carbons (Fsp3) is 0.500. The van der Waals surface area contributed by atoms with Crippen LogP contribution in [0.2, 0.25) is 5.02 Å². The Morgan fingerprint density at radius 1 is 1.58 bits per heavy atom. The summed E-state index contributed by atoms with van der Waals surface area (Å²) >= 11 is 6.07. The molecule has 2 aromatic rings. The van der Waals surface area contributed by atoms with Crippen LogP contribution >= 0.6 is 11.6 Å². The molecule has 1 fully saturated rings. The fourth-order valence-electron chi connectivity index (χ4n) is 3.64. The molecular formula is C18H20ClFN4O2. The van der Waals surface area contributed by atoms with E-state index in [1.807, 2.05) is 0 Å². The van der Waals surface area contributed by atoms with E-state index in [1.165, 1.54) is 13.8 Å². The van der Waals surface area contributed by atoms with Crippen molar-refractivity contribution in [3.8, 4) is 5.82 Å². The van der Waals surface area contributed by atoms with Gasteiger partial charge in [-0.3, -0.25) is 4.79 Å². The second-order valence-corrected chi connectivity index (χ2v) is 7.97. The Labute approximate surface area is 155 Å². The molecule has 2 heterocycles. The van der Waals surface area contributed by atoms with E-state index in [1.54, 1.807) is 23.0 Å². The highest BCUT2D eigenvalue weighted by molar-refractivity contribution is 6.30. The van der Waals surface area contributed by atoms with Gasteiger partial charge >= 0.3 is 0 Å². The quantitative estimate of drug-likeness (QED) is 0.837. The Balaban J connectivity index is 1.71. The number of aromatic nitrogens is 3. The highest BCUT2D eigenvalue weighted by atomic mass is 35.5. The Kier molecular flexibility index (Phi) is 4.04. The lowest BCUT2D eigenvalue weighted by molar-refractivity contribution is 0.0720. The van der Waals surface area contributed by atoms with Crippen LogP contribution in [0.1, 0.15) is 47.9 Å². The summed E-state index contributed by atoms with van der Waals surface area (Å²) in [7, 11) is 0. The number of nitrogens with zero attached hydrogens (tertiary/aromatic N) is 3. The summed E-state index contributed by atoms with van der Waals surface area (Å²) in [5.74, 6) is 0.996. The van der Waals surface area contributed by atoms with Gasteiger partial charge in [-0.05, 0) is 38.7 Å². The first-order valence-corrected chi connectivity index (χ1v) is 9.01. The lowest BCUT2D eigenvalue weighted by atomic mass is 10.0. The summed E-state index contributed by atoms with van der Waals surface area (Å²) in [5.41, 5.74) is 0.415. The molecule has 2 N–H and O–H groups in total. The molecule has 2 aliphatic rings. The van der Waals surface area contributed by atoms with Crippen molar-refractivity contribution < 1.29 is 14.3 Å². The number of aliphatic hydroxyl groups excluding tert-OH is 1. The Bertz CT molecular complexity index is 877. The third kappa shape index (κ3) is 2.89. The van der Waals surface area contributed by atoms with Gasteiger partial charge in [0, 0.05) is 28.8 Å². The third-order valence-electron chi connectivity index (χ3n) is 5.22. The molecule has 8 heteroatoms. The van der Waals surface area contributed by atoms with Crippen LogP contribution in [0.25, 0.3) is 5.82 Å². The molecule has 0 unspecified atom stereocenters. The van der Waals surface area contributed by atoms with Gasteiger partial charge in [0.25, 0.3) is 5.91 Å². The Morgan fingerprint density at radius 2 is 2.35 bits per heavy atom. The van der Waals surface area contributed by atoms with Gasteiger partial charge in [0.2, 0.25) is 0 Å². The van der Waals surface area contributed by atoms with E-state index in [-0.39, 0.29) is 5.69 Å². The van der Waals surface area contributed by atoms with Gasteiger partial charge < -0.3 is 10.4 Å². The maximum atomic E-state index is 14.2. The van der Waals surface area contributed by atoms with Gasteiger partial charge in [-0.15, -0.1) is 0 Å². The van der Waals surface area contributed by atoms with Crippen LogP contribution in [0, 0.1) is 5.92 Å². The predicted octanol–water partition coefficient (Wildman–Crippen LogP) is 2.42. The molecule has 1 amide bonds. The molecule has 0 saturated heterocycles. The lowest BCUT2D eigenvalue weighted by Gasteiger charge is -2.25. The molecule has 138 valence electrons. The topological polar surface area (TPSA) is 80.0 Å². The van der Waals surface area contributed by atoms with E-state index in [0.717, 1.165) is 24.1 Å². The van der Waals surface area contributed by atoms with Crippen LogP contribution in [-0.4, -0.2) is 44.1 Å². The third-order valence-corrected chi connectivity index (χ3v) is 5.45. The zero-order valence-corrected chi connectivity index (χ0v) is 15.3. The van der Waals surface area contributed by atoms with Gasteiger partial charge in [-0.25, -0.2) is 14.1 Å². The zero-order chi connectivity index (χ0) is 18.6. The average molecular weight is 379 g/mol. The first kappa shape index (κ1) is 17.4. The second kappa shape index (κ2) is 6.03. The van der Waals surface area contributed by atoms with Crippen LogP contribution in [0.4, 0.5) is 4.39 Å². The van der Waals surface area contributed by atoms with Crippen molar-refractivity contribution in [2.75, 3.05) is 6.61 Å². The number of halogens is 2. The number of alkyl halides is 1. The van der Waals surface area contributed by atoms with Crippen molar-refractivity contribution in [2.24, 2.45) is 5.92 Å². The minimum atomic E-state index is -1.74. The summed E-state index contributed by atoms with van der Waals surface area (Å²) in [5, 5.41) is 17.0. The lowest BCUT2D eigenvalue weighted by Crippen LogP contribution is -2.49. The second-order valence-electron chi connectivity index (χ2n) is 7.54. The normalized spacial score (nSPS) is 21.9. The molecule has 26 heavy (non-hydrogen) atoms. The van der Waals surface area contributed by atoms with E-state index < -0.39 is 24.2 Å². The number of hydrogen-bond donors (Lipinski definition) is 2. The summed E-state index contributed by atoms with van der Waals surface area (Å²) in [4.78, 5) is 17.1. The number of hydrogen-bond acceptors (Lipinski definition) is 4. The van der Waals surface area contributed by atoms with Crippen molar-refractivity contribution in [1.82, 2.24) is 20.1 Å². The van der Waals surface area contributed by atoms with Gasteiger partial charge in [-0.1, -0.05) is 11.6 Å². The largest absolute Gasteiger partial charge is 0.394 e. The van der Waals surface area contributed by atoms with Crippen LogP contribution in [-0.2, 0) is 6.42 Å². The zero-order valence-electron chi connectivity index (χ0n) is 14.5. The molecule has 0 aromatic carbocycles. The first-order valence-electron chi connectivity index (χ1n) is 8.64. The van der Waals surface area contributed by atoms with Crippen LogP contribution in [0.3, 0.4) is 0 Å². The van der Waals surface area contributed by atoms with Crippen molar-refractivity contribution in [1.29, 1.82) is 0 Å². The maximum absolute atomic E-state index is 14.2. The average Bonchev–Trinajstić information content (AvgIpc) is 3.07. The van der Waals surface area contributed by atoms with Gasteiger partial charge in [0.15, 0.2) is 11.5 Å². The summed E-state index contributed by atoms with van der Waals surface area (Å²) in [6, 6.07) is 2.38. The summed E-state index contributed by atoms with van der Waals surface area (Å²) in [6.45, 7) is 2.16. The molecule has 2 aromatic heterocycles. The smallest absolute Gasteiger partial charge is 0.272 e. The number of nitrogens with one attached hydrogen (secondary N) is 1. The van der Waals surface area contributed by atoms with Crippen molar-refractivity contribution in [3.63, 3.8) is 0 Å². The molecule has 0 bridgehead atoms. The van der Waals surface area contributed by atoms with Crippen molar-refractivity contribution in [2.45, 2.75) is 44.3 Å². The van der Waals surface area contributed by atoms with Gasteiger partial charge in [-0.2, -0.15) is 5.10 Å². The molecule has 0 radical (unpaired) electrons. The first-order chi connectivity index (χ1) is 12.3. The standard InChI is InChI=1S/C18H20ClFN4O2/c1-18(2,20)13(8-25)22-17(26)15-12-6-9-5-11(9)16(12)24(23-15)14-7-10(19)3-4-21-14/h3-4,7,9,11,13,25H,5-6,8H2,1-2H3,(H,22,26)/t9-,11-,13+/m1/s1.